The average molecular weight is 263 g/mol. The molecule has 3 heterocycles. The Morgan fingerprint density at radius 2 is 2.39 bits per heavy atom. The summed E-state index contributed by atoms with van der Waals surface area (Å²) in [6, 6.07) is 0.988. The molecule has 5 heteroatoms. The molecule has 0 aliphatic carbocycles. The topological polar surface area (TPSA) is 37.6 Å². The average Bonchev–Trinajstić information content (AvgIpc) is 3.01. The maximum Gasteiger partial charge on any atom is 0.196 e. The molecule has 0 bridgehead atoms. The maximum absolute atomic E-state index is 11.4. The van der Waals surface area contributed by atoms with E-state index in [1.165, 1.54) is 12.8 Å². The number of carbonyl (C=O) groups is 1. The van der Waals surface area contributed by atoms with Gasteiger partial charge in [-0.1, -0.05) is 6.92 Å². The molecular weight excluding hydrogens is 246 g/mol. The molecule has 0 radical (unpaired) electrons. The molecule has 0 aromatic carbocycles. The van der Waals surface area contributed by atoms with Crippen LogP contribution in [0, 0.1) is 0 Å². The second-order valence-corrected chi connectivity index (χ2v) is 5.76. The molecular formula is C13H17N3OS. The molecule has 96 valence electrons. The number of hydrogen-bond acceptors (Lipinski definition) is 4. The van der Waals surface area contributed by atoms with E-state index in [0.29, 0.717) is 17.8 Å². The summed E-state index contributed by atoms with van der Waals surface area (Å²) in [4.78, 5) is 19.3. The van der Waals surface area contributed by atoms with E-state index in [1.54, 1.807) is 11.3 Å². The van der Waals surface area contributed by atoms with Gasteiger partial charge in [0.25, 0.3) is 0 Å². The van der Waals surface area contributed by atoms with E-state index in [4.69, 9.17) is 0 Å². The van der Waals surface area contributed by atoms with Crippen LogP contribution in [0.1, 0.15) is 43.6 Å². The third-order valence-electron chi connectivity index (χ3n) is 3.89. The number of rotatable bonds is 3. The second kappa shape index (κ2) is 4.39. The van der Waals surface area contributed by atoms with Gasteiger partial charge in [0.1, 0.15) is 5.69 Å². The monoisotopic (exact) mass is 263 g/mol. The Labute approximate surface area is 110 Å². The molecule has 0 saturated carbocycles. The second-order valence-electron chi connectivity index (χ2n) is 4.89. The predicted molar refractivity (Wildman–Crippen MR) is 73.7 cm³/mol. The highest BCUT2D eigenvalue weighted by molar-refractivity contribution is 7.15. The van der Waals surface area contributed by atoms with Crippen molar-refractivity contribution >= 4 is 28.4 Å². The Bertz CT molecular complexity index is 574. The zero-order valence-electron chi connectivity index (χ0n) is 10.7. The summed E-state index contributed by atoms with van der Waals surface area (Å²) in [5.74, 6) is 0.869. The lowest BCUT2D eigenvalue weighted by Gasteiger charge is -2.28. The van der Waals surface area contributed by atoms with Crippen LogP contribution in [0.3, 0.4) is 0 Å². The van der Waals surface area contributed by atoms with Gasteiger partial charge in [-0.2, -0.15) is 0 Å². The zero-order chi connectivity index (χ0) is 12.7. The standard InChI is InChI=1S/C13H17N3OS/c1-3-10-5-4-9(2)16(10)12-11(8-17)15-6-7-18-13(15)14-12/h6-10H,3-5H2,1-2H3. The molecule has 2 aromatic rings. The molecule has 18 heavy (non-hydrogen) atoms. The summed E-state index contributed by atoms with van der Waals surface area (Å²) in [6.45, 7) is 4.42. The molecule has 1 aliphatic rings. The first-order valence-corrected chi connectivity index (χ1v) is 7.33. The van der Waals surface area contributed by atoms with Gasteiger partial charge in [-0.05, 0) is 26.2 Å². The van der Waals surface area contributed by atoms with Gasteiger partial charge in [-0.15, -0.1) is 11.3 Å². The van der Waals surface area contributed by atoms with Gasteiger partial charge in [-0.3, -0.25) is 9.20 Å². The van der Waals surface area contributed by atoms with E-state index >= 15 is 0 Å². The number of hydrogen-bond donors (Lipinski definition) is 0. The number of fused-ring (bicyclic) bond motifs is 1. The van der Waals surface area contributed by atoms with Gasteiger partial charge < -0.3 is 4.90 Å². The van der Waals surface area contributed by atoms with Crippen molar-refractivity contribution in [3.63, 3.8) is 0 Å². The molecule has 1 fully saturated rings. The zero-order valence-corrected chi connectivity index (χ0v) is 11.5. The van der Waals surface area contributed by atoms with E-state index < -0.39 is 0 Å². The summed E-state index contributed by atoms with van der Waals surface area (Å²) >= 11 is 1.57. The van der Waals surface area contributed by atoms with Crippen molar-refractivity contribution in [3.05, 3.63) is 17.3 Å². The van der Waals surface area contributed by atoms with Crippen LogP contribution >= 0.6 is 11.3 Å². The molecule has 1 aliphatic heterocycles. The number of nitrogens with zero attached hydrogens (tertiary/aromatic N) is 3. The third kappa shape index (κ3) is 1.57. The van der Waals surface area contributed by atoms with Gasteiger partial charge in [-0.25, -0.2) is 4.98 Å². The first-order valence-electron chi connectivity index (χ1n) is 6.45. The first kappa shape index (κ1) is 11.7. The number of thiazole rings is 1. The fraction of sp³-hybridized carbons (Fsp3) is 0.538. The van der Waals surface area contributed by atoms with Gasteiger partial charge in [0.15, 0.2) is 17.1 Å². The highest BCUT2D eigenvalue weighted by atomic mass is 32.1. The molecule has 1 saturated heterocycles. The van der Waals surface area contributed by atoms with Crippen molar-refractivity contribution in [3.8, 4) is 0 Å². The smallest absolute Gasteiger partial charge is 0.196 e. The van der Waals surface area contributed by atoms with Crippen molar-refractivity contribution in [2.75, 3.05) is 4.90 Å². The predicted octanol–water partition coefficient (Wildman–Crippen LogP) is 2.98. The maximum atomic E-state index is 11.4. The van der Waals surface area contributed by atoms with E-state index in [2.05, 4.69) is 23.7 Å². The minimum Gasteiger partial charge on any atom is -0.349 e. The van der Waals surface area contributed by atoms with E-state index in [9.17, 15) is 4.79 Å². The fourth-order valence-corrected chi connectivity index (χ4v) is 3.66. The molecule has 4 nitrogen and oxygen atoms in total. The number of aromatic nitrogens is 2. The molecule has 3 rings (SSSR count). The van der Waals surface area contributed by atoms with Gasteiger partial charge in [0.2, 0.25) is 0 Å². The summed E-state index contributed by atoms with van der Waals surface area (Å²) in [5, 5.41) is 1.96. The van der Waals surface area contributed by atoms with E-state index in [1.807, 2.05) is 16.0 Å². The Kier molecular flexibility index (Phi) is 2.86. The lowest BCUT2D eigenvalue weighted by molar-refractivity contribution is 0.111. The summed E-state index contributed by atoms with van der Waals surface area (Å²) in [6.07, 6.45) is 6.33. The van der Waals surface area contributed by atoms with Crippen LogP contribution in [0.5, 0.6) is 0 Å². The molecule has 2 atom stereocenters. The molecule has 0 N–H and O–H groups in total. The first-order chi connectivity index (χ1) is 8.76. The van der Waals surface area contributed by atoms with Crippen LogP contribution in [0.15, 0.2) is 11.6 Å². The molecule has 2 aromatic heterocycles. The lowest BCUT2D eigenvalue weighted by atomic mass is 10.1. The number of aldehydes is 1. The van der Waals surface area contributed by atoms with Crippen LogP contribution in [0.2, 0.25) is 0 Å². The Morgan fingerprint density at radius 3 is 3.11 bits per heavy atom. The van der Waals surface area contributed by atoms with E-state index in [0.717, 1.165) is 23.5 Å². The molecule has 2 unspecified atom stereocenters. The van der Waals surface area contributed by atoms with Crippen LogP contribution < -0.4 is 4.90 Å². The highest BCUT2D eigenvalue weighted by Crippen LogP contribution is 2.34. The fourth-order valence-electron chi connectivity index (χ4n) is 2.95. The molecule has 0 amide bonds. The Balaban J connectivity index is 2.12. The Hall–Kier alpha value is -1.36. The minimum absolute atomic E-state index is 0.471. The summed E-state index contributed by atoms with van der Waals surface area (Å²) in [7, 11) is 0. The number of carbonyl (C=O) groups excluding carboxylic acids is 1. The van der Waals surface area contributed by atoms with Crippen molar-refractivity contribution in [2.24, 2.45) is 0 Å². The quantitative estimate of drug-likeness (QED) is 0.799. The van der Waals surface area contributed by atoms with Crippen molar-refractivity contribution < 1.29 is 4.79 Å². The van der Waals surface area contributed by atoms with Gasteiger partial charge in [0, 0.05) is 23.7 Å². The summed E-state index contributed by atoms with van der Waals surface area (Å²) in [5.41, 5.74) is 0.693. The number of anilines is 1. The summed E-state index contributed by atoms with van der Waals surface area (Å²) < 4.78 is 1.89. The SMILES string of the molecule is CCC1CCC(C)N1c1nc2sccn2c1C=O. The van der Waals surface area contributed by atoms with Crippen molar-refractivity contribution in [1.29, 1.82) is 0 Å². The lowest BCUT2D eigenvalue weighted by Crippen LogP contribution is -2.35. The molecule has 0 spiro atoms. The highest BCUT2D eigenvalue weighted by Gasteiger charge is 2.33. The Morgan fingerprint density at radius 1 is 1.56 bits per heavy atom. The van der Waals surface area contributed by atoms with Crippen molar-refractivity contribution in [1.82, 2.24) is 9.38 Å². The number of imidazole rings is 1. The van der Waals surface area contributed by atoms with Crippen molar-refractivity contribution in [2.45, 2.75) is 45.2 Å². The minimum atomic E-state index is 0.471. The van der Waals surface area contributed by atoms with Crippen LogP contribution in [0.4, 0.5) is 5.82 Å². The van der Waals surface area contributed by atoms with Gasteiger partial charge in [0.05, 0.1) is 0 Å². The van der Waals surface area contributed by atoms with Crippen LogP contribution in [0.25, 0.3) is 4.96 Å². The third-order valence-corrected chi connectivity index (χ3v) is 4.65. The largest absolute Gasteiger partial charge is 0.349 e. The van der Waals surface area contributed by atoms with Crippen LogP contribution in [-0.4, -0.2) is 27.8 Å². The normalized spacial score (nSPS) is 24.0. The van der Waals surface area contributed by atoms with Crippen LogP contribution in [-0.2, 0) is 0 Å². The van der Waals surface area contributed by atoms with E-state index in [-0.39, 0.29) is 0 Å². The van der Waals surface area contributed by atoms with Gasteiger partial charge >= 0.3 is 0 Å².